The molecule has 0 atom stereocenters. The van der Waals surface area contributed by atoms with Crippen LogP contribution in [0.5, 0.6) is 0 Å². The smallest absolute Gasteiger partial charge is 0.336 e. The average Bonchev–Trinajstić information content (AvgIpc) is 2.48. The van der Waals surface area contributed by atoms with Crippen LogP contribution in [0.25, 0.3) is 0 Å². The summed E-state index contributed by atoms with van der Waals surface area (Å²) >= 11 is 5.87. The summed E-state index contributed by atoms with van der Waals surface area (Å²) in [6.07, 6.45) is 0.694. The van der Waals surface area contributed by atoms with Crippen molar-refractivity contribution in [2.24, 2.45) is 11.7 Å². The summed E-state index contributed by atoms with van der Waals surface area (Å²) in [7, 11) is -3.89. The van der Waals surface area contributed by atoms with Crippen LogP contribution in [-0.2, 0) is 14.8 Å². The molecule has 126 valence electrons. The van der Waals surface area contributed by atoms with E-state index in [4.69, 9.17) is 22.4 Å². The topological polar surface area (TPSA) is 118 Å². The number of carboxylic acids is 1. The zero-order valence-electron chi connectivity index (χ0n) is 12.5. The van der Waals surface area contributed by atoms with Crippen molar-refractivity contribution in [3.63, 3.8) is 0 Å². The second-order valence-electron chi connectivity index (χ2n) is 5.46. The van der Waals surface area contributed by atoms with Crippen molar-refractivity contribution in [1.29, 1.82) is 0 Å². The largest absolute Gasteiger partial charge is 0.478 e. The Morgan fingerprint density at radius 1 is 1.30 bits per heavy atom. The van der Waals surface area contributed by atoms with Gasteiger partial charge in [0.1, 0.15) is 0 Å². The van der Waals surface area contributed by atoms with Gasteiger partial charge in [0.2, 0.25) is 15.9 Å². The second-order valence-corrected chi connectivity index (χ2v) is 7.81. The van der Waals surface area contributed by atoms with Gasteiger partial charge in [-0.3, -0.25) is 4.79 Å². The number of hydrogen-bond donors (Lipinski definition) is 2. The lowest BCUT2D eigenvalue weighted by molar-refractivity contribution is -0.122. The Morgan fingerprint density at radius 3 is 2.35 bits per heavy atom. The number of halogens is 1. The maximum absolute atomic E-state index is 12.8. The van der Waals surface area contributed by atoms with Crippen LogP contribution >= 0.6 is 11.6 Å². The molecule has 23 heavy (non-hydrogen) atoms. The molecular weight excluding hydrogens is 344 g/mol. The zero-order chi connectivity index (χ0) is 17.4. The number of primary amides is 1. The summed E-state index contributed by atoms with van der Waals surface area (Å²) in [6, 6.07) is 2.47. The fourth-order valence-corrected chi connectivity index (χ4v) is 4.69. The van der Waals surface area contributed by atoms with Crippen LogP contribution in [0.3, 0.4) is 0 Å². The predicted octanol–water partition coefficient (Wildman–Crippen LogP) is 1.23. The third kappa shape index (κ3) is 3.49. The zero-order valence-corrected chi connectivity index (χ0v) is 14.0. The molecule has 0 aliphatic carbocycles. The molecule has 1 aliphatic heterocycles. The number of aromatic carboxylic acids is 1. The number of carbonyl (C=O) groups excluding carboxylic acids is 1. The first-order valence-corrected chi connectivity index (χ1v) is 8.79. The highest BCUT2D eigenvalue weighted by Crippen LogP contribution is 2.29. The minimum atomic E-state index is -3.89. The number of rotatable bonds is 4. The molecule has 3 N–H and O–H groups in total. The molecule has 1 aromatic rings. The Labute approximate surface area is 139 Å². The maximum Gasteiger partial charge on any atom is 0.336 e. The Hall–Kier alpha value is -1.64. The Morgan fingerprint density at radius 2 is 1.87 bits per heavy atom. The van der Waals surface area contributed by atoms with Gasteiger partial charge in [0, 0.05) is 24.0 Å². The van der Waals surface area contributed by atoms with Gasteiger partial charge in [-0.05, 0) is 37.5 Å². The summed E-state index contributed by atoms with van der Waals surface area (Å²) in [5, 5.41) is 9.21. The van der Waals surface area contributed by atoms with E-state index in [1.807, 2.05) is 0 Å². The average molecular weight is 361 g/mol. The lowest BCUT2D eigenvalue weighted by Crippen LogP contribution is -2.41. The van der Waals surface area contributed by atoms with Gasteiger partial charge >= 0.3 is 5.97 Å². The first-order valence-electron chi connectivity index (χ1n) is 6.97. The van der Waals surface area contributed by atoms with E-state index in [0.717, 1.165) is 0 Å². The molecule has 1 aromatic carbocycles. The molecule has 0 spiro atoms. The summed E-state index contributed by atoms with van der Waals surface area (Å²) in [5.41, 5.74) is 5.23. The van der Waals surface area contributed by atoms with Gasteiger partial charge in [0.05, 0.1) is 10.5 Å². The summed E-state index contributed by atoms with van der Waals surface area (Å²) in [5.74, 6) is -2.01. The van der Waals surface area contributed by atoms with Crippen molar-refractivity contribution in [2.75, 3.05) is 13.1 Å². The third-order valence-electron chi connectivity index (χ3n) is 4.03. The number of sulfonamides is 1. The molecule has 0 radical (unpaired) electrons. The van der Waals surface area contributed by atoms with E-state index in [1.165, 1.54) is 23.4 Å². The number of benzene rings is 1. The highest BCUT2D eigenvalue weighted by molar-refractivity contribution is 7.89. The Bertz CT molecular complexity index is 755. The fourth-order valence-electron chi connectivity index (χ4n) is 2.66. The second kappa shape index (κ2) is 6.46. The molecule has 0 bridgehead atoms. The molecule has 7 nitrogen and oxygen atoms in total. The first-order chi connectivity index (χ1) is 10.6. The van der Waals surface area contributed by atoms with E-state index in [2.05, 4.69) is 0 Å². The number of hydrogen-bond acceptors (Lipinski definition) is 4. The van der Waals surface area contributed by atoms with Gasteiger partial charge in [0.25, 0.3) is 0 Å². The highest BCUT2D eigenvalue weighted by atomic mass is 35.5. The predicted molar refractivity (Wildman–Crippen MR) is 83.8 cm³/mol. The first kappa shape index (κ1) is 17.7. The van der Waals surface area contributed by atoms with Gasteiger partial charge in [-0.15, -0.1) is 0 Å². The Kier molecular flexibility index (Phi) is 4.98. The fraction of sp³-hybridized carbons (Fsp3) is 0.429. The van der Waals surface area contributed by atoms with Crippen LogP contribution in [0.1, 0.15) is 28.8 Å². The lowest BCUT2D eigenvalue weighted by atomic mass is 9.98. The lowest BCUT2D eigenvalue weighted by Gasteiger charge is -2.30. The van der Waals surface area contributed by atoms with Crippen LogP contribution < -0.4 is 5.73 Å². The molecule has 0 unspecified atom stereocenters. The monoisotopic (exact) mass is 360 g/mol. The number of carboxylic acid groups (broad SMARTS) is 1. The maximum atomic E-state index is 12.8. The standard InChI is InChI=1S/C14H17ClN2O5S/c1-8-11(14(19)20)6-10(15)7-12(8)23(21,22)17-4-2-9(3-5-17)13(16)18/h6-7,9H,2-5H2,1H3,(H2,16,18)(H,19,20). The van der Waals surface area contributed by atoms with Crippen molar-refractivity contribution in [2.45, 2.75) is 24.7 Å². The van der Waals surface area contributed by atoms with Crippen molar-refractivity contribution >= 4 is 33.5 Å². The van der Waals surface area contributed by atoms with Crippen LogP contribution in [0, 0.1) is 12.8 Å². The van der Waals surface area contributed by atoms with E-state index in [0.29, 0.717) is 12.8 Å². The quantitative estimate of drug-likeness (QED) is 0.837. The normalized spacial score (nSPS) is 17.1. The van der Waals surface area contributed by atoms with Crippen molar-refractivity contribution in [1.82, 2.24) is 4.31 Å². The van der Waals surface area contributed by atoms with E-state index in [1.54, 1.807) is 0 Å². The minimum absolute atomic E-state index is 0.0404. The Balaban J connectivity index is 2.38. The summed E-state index contributed by atoms with van der Waals surface area (Å²) in [6.45, 7) is 1.75. The number of amides is 1. The van der Waals surface area contributed by atoms with E-state index >= 15 is 0 Å². The van der Waals surface area contributed by atoms with Crippen molar-refractivity contribution < 1.29 is 23.1 Å². The molecule has 2 rings (SSSR count). The van der Waals surface area contributed by atoms with Crippen LogP contribution in [-0.4, -0.2) is 42.8 Å². The molecule has 1 aliphatic rings. The molecule has 0 saturated carbocycles. The molecule has 1 saturated heterocycles. The minimum Gasteiger partial charge on any atom is -0.478 e. The summed E-state index contributed by atoms with van der Waals surface area (Å²) < 4.78 is 26.8. The van der Waals surface area contributed by atoms with Crippen LogP contribution in [0.15, 0.2) is 17.0 Å². The number of nitrogens with two attached hydrogens (primary N) is 1. The molecule has 1 heterocycles. The van der Waals surface area contributed by atoms with Gasteiger partial charge in [-0.2, -0.15) is 4.31 Å². The van der Waals surface area contributed by atoms with Crippen molar-refractivity contribution in [3.05, 3.63) is 28.3 Å². The number of carbonyl (C=O) groups is 2. The molecular formula is C14H17ClN2O5S. The van der Waals surface area contributed by atoms with Crippen LogP contribution in [0.4, 0.5) is 0 Å². The molecule has 1 amide bonds. The molecule has 0 aromatic heterocycles. The summed E-state index contributed by atoms with van der Waals surface area (Å²) in [4.78, 5) is 22.3. The third-order valence-corrected chi connectivity index (χ3v) is 6.27. The van der Waals surface area contributed by atoms with E-state index in [9.17, 15) is 18.0 Å². The van der Waals surface area contributed by atoms with E-state index in [-0.39, 0.29) is 40.1 Å². The number of nitrogens with zero attached hydrogens (tertiary/aromatic N) is 1. The van der Waals surface area contributed by atoms with Crippen molar-refractivity contribution in [3.8, 4) is 0 Å². The molecule has 9 heteroatoms. The van der Waals surface area contributed by atoms with Gasteiger partial charge in [0.15, 0.2) is 0 Å². The van der Waals surface area contributed by atoms with Crippen LogP contribution in [0.2, 0.25) is 5.02 Å². The highest BCUT2D eigenvalue weighted by Gasteiger charge is 2.33. The van der Waals surface area contributed by atoms with Gasteiger partial charge < -0.3 is 10.8 Å². The van der Waals surface area contributed by atoms with Gasteiger partial charge in [-0.25, -0.2) is 13.2 Å². The SMILES string of the molecule is Cc1c(C(=O)O)cc(Cl)cc1S(=O)(=O)N1CCC(C(N)=O)CC1. The van der Waals surface area contributed by atoms with Gasteiger partial charge in [-0.1, -0.05) is 11.6 Å². The molecule has 1 fully saturated rings. The number of piperidine rings is 1. The van der Waals surface area contributed by atoms with E-state index < -0.39 is 21.9 Å².